The van der Waals surface area contributed by atoms with Crippen LogP contribution in [0.3, 0.4) is 0 Å². The summed E-state index contributed by atoms with van der Waals surface area (Å²) in [4.78, 5) is 14.8. The molecule has 0 amide bonds. The molecule has 0 unspecified atom stereocenters. The van der Waals surface area contributed by atoms with Crippen LogP contribution in [0.2, 0.25) is 0 Å². The topological polar surface area (TPSA) is 67.3 Å². The van der Waals surface area contributed by atoms with Crippen molar-refractivity contribution in [1.29, 1.82) is 0 Å². The Bertz CT molecular complexity index is 1120. The molecule has 0 atom stereocenters. The van der Waals surface area contributed by atoms with E-state index in [-0.39, 0.29) is 11.2 Å². The number of nitrogens with one attached hydrogen (secondary N) is 1. The smallest absolute Gasteiger partial charge is 0.210 e. The van der Waals surface area contributed by atoms with Gasteiger partial charge in [0.25, 0.3) is 0 Å². The first-order chi connectivity index (χ1) is 14.9. The van der Waals surface area contributed by atoms with Crippen molar-refractivity contribution < 1.29 is 9.53 Å². The molecule has 160 valence electrons. The van der Waals surface area contributed by atoms with Crippen molar-refractivity contribution in [2.75, 3.05) is 30.1 Å². The standard InChI is InChI=1S/C23H24N4O2S2/c1-23(2)18-7-5-6-8-19(18)27(3)20(23)13-16(28)14-30-22-26-25-21(31-22)24-15-9-11-17(29-4)12-10-15/h5-13H,14H2,1-4H3,(H,24,25)/b20-13+. The highest BCUT2D eigenvalue weighted by molar-refractivity contribution is 8.01. The fourth-order valence-electron chi connectivity index (χ4n) is 3.70. The summed E-state index contributed by atoms with van der Waals surface area (Å²) in [6.07, 6.45) is 1.77. The van der Waals surface area contributed by atoms with E-state index in [1.165, 1.54) is 28.7 Å². The fraction of sp³-hybridized carbons (Fsp3) is 0.261. The highest BCUT2D eigenvalue weighted by Gasteiger charge is 2.38. The van der Waals surface area contributed by atoms with E-state index in [1.807, 2.05) is 43.4 Å². The maximum Gasteiger partial charge on any atom is 0.210 e. The average molecular weight is 453 g/mol. The second-order valence-electron chi connectivity index (χ2n) is 7.71. The fourth-order valence-corrected chi connectivity index (χ4v) is 5.30. The molecule has 1 aliphatic rings. The molecule has 31 heavy (non-hydrogen) atoms. The van der Waals surface area contributed by atoms with Gasteiger partial charge in [-0.3, -0.25) is 4.79 Å². The molecule has 1 aliphatic heterocycles. The van der Waals surface area contributed by atoms with Gasteiger partial charge < -0.3 is 15.0 Å². The Morgan fingerprint density at radius 2 is 1.94 bits per heavy atom. The Labute approximate surface area is 190 Å². The van der Waals surface area contributed by atoms with Crippen molar-refractivity contribution in [3.05, 3.63) is 65.9 Å². The molecule has 3 aromatic rings. The lowest BCUT2D eigenvalue weighted by atomic mass is 9.83. The van der Waals surface area contributed by atoms with E-state index in [2.05, 4.69) is 46.4 Å². The molecule has 6 nitrogen and oxygen atoms in total. The summed E-state index contributed by atoms with van der Waals surface area (Å²) in [5.74, 6) is 1.18. The third-order valence-corrected chi connectivity index (χ3v) is 7.32. The molecule has 0 saturated carbocycles. The second kappa shape index (κ2) is 8.72. The van der Waals surface area contributed by atoms with Gasteiger partial charge in [0.15, 0.2) is 10.1 Å². The molecule has 0 bridgehead atoms. The van der Waals surface area contributed by atoms with E-state index < -0.39 is 0 Å². The van der Waals surface area contributed by atoms with Gasteiger partial charge in [0.05, 0.1) is 12.9 Å². The Kier molecular flexibility index (Phi) is 6.02. The van der Waals surface area contributed by atoms with Crippen LogP contribution >= 0.6 is 23.1 Å². The average Bonchev–Trinajstić information content (AvgIpc) is 3.29. The van der Waals surface area contributed by atoms with Crippen LogP contribution in [-0.2, 0) is 10.2 Å². The number of fused-ring (bicyclic) bond motifs is 1. The molecular formula is C23H24N4O2S2. The largest absolute Gasteiger partial charge is 0.497 e. The van der Waals surface area contributed by atoms with Crippen molar-refractivity contribution >= 4 is 45.4 Å². The number of rotatable bonds is 7. The van der Waals surface area contributed by atoms with Crippen LogP contribution in [0.4, 0.5) is 16.5 Å². The maximum atomic E-state index is 12.7. The SMILES string of the molecule is COc1ccc(Nc2nnc(SCC(=O)/C=C3/N(C)c4ccccc4C3(C)C)s2)cc1. The molecule has 0 aliphatic carbocycles. The van der Waals surface area contributed by atoms with Crippen molar-refractivity contribution in [3.63, 3.8) is 0 Å². The zero-order valence-corrected chi connectivity index (χ0v) is 19.5. The summed E-state index contributed by atoms with van der Waals surface area (Å²) < 4.78 is 5.92. The Hall–Kier alpha value is -2.84. The van der Waals surface area contributed by atoms with E-state index >= 15 is 0 Å². The van der Waals surface area contributed by atoms with Gasteiger partial charge in [0, 0.05) is 35.6 Å². The van der Waals surface area contributed by atoms with E-state index in [0.29, 0.717) is 10.9 Å². The van der Waals surface area contributed by atoms with Crippen LogP contribution in [0, 0.1) is 0 Å². The zero-order valence-electron chi connectivity index (χ0n) is 17.9. The van der Waals surface area contributed by atoms with Crippen molar-refractivity contribution in [1.82, 2.24) is 10.2 Å². The Morgan fingerprint density at radius 3 is 2.65 bits per heavy atom. The third kappa shape index (κ3) is 4.45. The number of methoxy groups -OCH3 is 1. The molecule has 1 aromatic heterocycles. The Morgan fingerprint density at radius 1 is 1.19 bits per heavy atom. The van der Waals surface area contributed by atoms with E-state index in [0.717, 1.165) is 27.2 Å². The quantitative estimate of drug-likeness (QED) is 0.387. The molecule has 0 spiro atoms. The van der Waals surface area contributed by atoms with Crippen molar-refractivity contribution in [3.8, 4) is 5.75 Å². The van der Waals surface area contributed by atoms with E-state index in [4.69, 9.17) is 4.74 Å². The molecular weight excluding hydrogens is 428 g/mol. The number of thioether (sulfide) groups is 1. The predicted molar refractivity (Wildman–Crippen MR) is 128 cm³/mol. The number of ketones is 1. The van der Waals surface area contributed by atoms with Crippen molar-refractivity contribution in [2.45, 2.75) is 23.6 Å². The van der Waals surface area contributed by atoms with Crippen LogP contribution in [0.25, 0.3) is 0 Å². The lowest BCUT2D eigenvalue weighted by Gasteiger charge is -2.23. The highest BCUT2D eigenvalue weighted by atomic mass is 32.2. The van der Waals surface area contributed by atoms with E-state index in [9.17, 15) is 4.79 Å². The number of aromatic nitrogens is 2. The summed E-state index contributed by atoms with van der Waals surface area (Å²) >= 11 is 2.83. The molecule has 1 N–H and O–H groups in total. The number of para-hydroxylation sites is 1. The number of benzene rings is 2. The monoisotopic (exact) mass is 452 g/mol. The predicted octanol–water partition coefficient (Wildman–Crippen LogP) is 5.26. The minimum absolute atomic E-state index is 0.0626. The number of ether oxygens (including phenoxy) is 1. The number of carbonyl (C=O) groups is 1. The molecule has 0 saturated heterocycles. The molecule has 8 heteroatoms. The number of allylic oxidation sites excluding steroid dienone is 2. The van der Waals surface area contributed by atoms with Gasteiger partial charge in [0.1, 0.15) is 5.75 Å². The first kappa shape index (κ1) is 21.4. The van der Waals surface area contributed by atoms with Gasteiger partial charge in [-0.1, -0.05) is 55.1 Å². The number of likely N-dealkylation sites (N-methyl/N-ethyl adjacent to an activating group) is 1. The second-order valence-corrected chi connectivity index (χ2v) is 9.91. The molecule has 0 radical (unpaired) electrons. The number of hydrogen-bond donors (Lipinski definition) is 1. The van der Waals surface area contributed by atoms with Crippen LogP contribution in [-0.4, -0.2) is 35.9 Å². The molecule has 2 heterocycles. The minimum atomic E-state index is -0.205. The first-order valence-corrected chi connectivity index (χ1v) is 11.6. The number of carbonyl (C=O) groups excluding carboxylic acids is 1. The van der Waals surface area contributed by atoms with Gasteiger partial charge in [0.2, 0.25) is 5.13 Å². The summed E-state index contributed by atoms with van der Waals surface area (Å²) in [5.41, 5.74) is 4.10. The minimum Gasteiger partial charge on any atom is -0.497 e. The summed E-state index contributed by atoms with van der Waals surface area (Å²) in [6, 6.07) is 15.9. The van der Waals surface area contributed by atoms with Crippen LogP contribution in [0.5, 0.6) is 5.75 Å². The molecule has 2 aromatic carbocycles. The van der Waals surface area contributed by atoms with Crippen LogP contribution in [0.1, 0.15) is 19.4 Å². The third-order valence-electron chi connectivity index (χ3n) is 5.32. The lowest BCUT2D eigenvalue weighted by molar-refractivity contribution is -0.112. The summed E-state index contributed by atoms with van der Waals surface area (Å²) in [7, 11) is 3.65. The van der Waals surface area contributed by atoms with E-state index in [1.54, 1.807) is 13.2 Å². The zero-order chi connectivity index (χ0) is 22.0. The molecule has 4 rings (SSSR count). The number of hydrogen-bond acceptors (Lipinski definition) is 8. The number of anilines is 3. The number of nitrogens with zero attached hydrogens (tertiary/aromatic N) is 3. The summed E-state index contributed by atoms with van der Waals surface area (Å²) in [5, 5.41) is 12.3. The normalized spacial score (nSPS) is 15.7. The van der Waals surface area contributed by atoms with Gasteiger partial charge in [-0.15, -0.1) is 10.2 Å². The van der Waals surface area contributed by atoms with Gasteiger partial charge in [-0.25, -0.2) is 0 Å². The van der Waals surface area contributed by atoms with Gasteiger partial charge in [-0.2, -0.15) is 0 Å². The van der Waals surface area contributed by atoms with Gasteiger partial charge in [-0.05, 0) is 35.9 Å². The maximum absolute atomic E-state index is 12.7. The first-order valence-electron chi connectivity index (χ1n) is 9.84. The lowest BCUT2D eigenvalue weighted by Crippen LogP contribution is -2.24. The van der Waals surface area contributed by atoms with Crippen molar-refractivity contribution in [2.24, 2.45) is 0 Å². The Balaban J connectivity index is 1.38. The van der Waals surface area contributed by atoms with Gasteiger partial charge >= 0.3 is 0 Å². The summed E-state index contributed by atoms with van der Waals surface area (Å²) in [6.45, 7) is 4.31. The van der Waals surface area contributed by atoms with Crippen LogP contribution in [0.15, 0.2) is 64.6 Å². The highest BCUT2D eigenvalue weighted by Crippen LogP contribution is 2.46. The molecule has 0 fully saturated rings. The van der Waals surface area contributed by atoms with Crippen LogP contribution < -0.4 is 15.0 Å².